The highest BCUT2D eigenvalue weighted by molar-refractivity contribution is 6.30. The van der Waals surface area contributed by atoms with Gasteiger partial charge in [0.1, 0.15) is 0 Å². The average molecular weight is 350 g/mol. The molecule has 5 nitrogen and oxygen atoms in total. The van der Waals surface area contributed by atoms with Crippen molar-refractivity contribution >= 4 is 23.4 Å². The van der Waals surface area contributed by atoms with Crippen LogP contribution in [0.4, 0.5) is 0 Å². The van der Waals surface area contributed by atoms with Gasteiger partial charge >= 0.3 is 0 Å². The van der Waals surface area contributed by atoms with E-state index < -0.39 is 0 Å². The second-order valence-corrected chi connectivity index (χ2v) is 7.25. The Morgan fingerprint density at radius 2 is 1.83 bits per heavy atom. The molecule has 0 spiro atoms. The van der Waals surface area contributed by atoms with Crippen LogP contribution in [0.25, 0.3) is 0 Å². The molecule has 0 N–H and O–H groups in total. The Morgan fingerprint density at radius 3 is 2.50 bits per heavy atom. The zero-order valence-electron chi connectivity index (χ0n) is 14.1. The van der Waals surface area contributed by atoms with Crippen LogP contribution in [-0.4, -0.2) is 65.9 Å². The second-order valence-electron chi connectivity index (χ2n) is 6.82. The predicted molar refractivity (Wildman–Crippen MR) is 93.9 cm³/mol. The molecule has 0 radical (unpaired) electrons. The lowest BCUT2D eigenvalue weighted by Gasteiger charge is -2.39. The molecule has 2 saturated heterocycles. The molecule has 24 heavy (non-hydrogen) atoms. The first kappa shape index (κ1) is 17.2. The average Bonchev–Trinajstić information content (AvgIpc) is 2.59. The summed E-state index contributed by atoms with van der Waals surface area (Å²) in [6, 6.07) is 7.03. The van der Waals surface area contributed by atoms with Crippen LogP contribution in [0, 0.1) is 5.92 Å². The maximum Gasteiger partial charge on any atom is 0.253 e. The summed E-state index contributed by atoms with van der Waals surface area (Å²) in [5, 5.41) is 0.636. The molecular weight excluding hydrogens is 326 g/mol. The molecule has 0 bridgehead atoms. The fourth-order valence-electron chi connectivity index (χ4n) is 3.34. The van der Waals surface area contributed by atoms with Crippen molar-refractivity contribution in [1.29, 1.82) is 0 Å². The molecule has 2 aliphatic rings. The molecule has 1 aromatic rings. The number of likely N-dealkylation sites (tertiary alicyclic amines) is 1. The summed E-state index contributed by atoms with van der Waals surface area (Å²) in [4.78, 5) is 30.6. The van der Waals surface area contributed by atoms with Gasteiger partial charge in [-0.1, -0.05) is 18.5 Å². The Labute approximate surface area is 148 Å². The van der Waals surface area contributed by atoms with E-state index in [4.69, 9.17) is 11.6 Å². The maximum absolute atomic E-state index is 12.5. The fraction of sp³-hybridized carbons (Fsp3) is 0.556. The van der Waals surface area contributed by atoms with Gasteiger partial charge in [-0.3, -0.25) is 14.5 Å². The molecule has 0 aromatic heterocycles. The lowest BCUT2D eigenvalue weighted by Crippen LogP contribution is -2.53. The molecule has 0 saturated carbocycles. The number of benzene rings is 1. The number of carbonyl (C=O) groups excluding carboxylic acids is 2. The summed E-state index contributed by atoms with van der Waals surface area (Å²) < 4.78 is 0. The highest BCUT2D eigenvalue weighted by Gasteiger charge is 2.27. The number of piperazine rings is 1. The molecule has 0 unspecified atom stereocenters. The molecule has 2 amide bonds. The van der Waals surface area contributed by atoms with Gasteiger partial charge in [0.15, 0.2) is 0 Å². The predicted octanol–water partition coefficient (Wildman–Crippen LogP) is 2.31. The van der Waals surface area contributed by atoms with Crippen molar-refractivity contribution in [2.45, 2.75) is 19.8 Å². The van der Waals surface area contributed by atoms with Crippen LogP contribution in [0.1, 0.15) is 30.1 Å². The third kappa shape index (κ3) is 4.08. The van der Waals surface area contributed by atoms with Crippen molar-refractivity contribution in [2.24, 2.45) is 5.92 Å². The van der Waals surface area contributed by atoms with Crippen molar-refractivity contribution in [3.05, 3.63) is 34.9 Å². The third-order valence-corrected chi connectivity index (χ3v) is 5.11. The summed E-state index contributed by atoms with van der Waals surface area (Å²) in [5.74, 6) is 0.886. The van der Waals surface area contributed by atoms with Gasteiger partial charge in [-0.25, -0.2) is 0 Å². The van der Waals surface area contributed by atoms with Crippen molar-refractivity contribution in [1.82, 2.24) is 14.7 Å². The maximum atomic E-state index is 12.5. The minimum Gasteiger partial charge on any atom is -0.336 e. The minimum atomic E-state index is 0.0500. The number of rotatable bonds is 3. The number of hydrogen-bond donors (Lipinski definition) is 0. The molecule has 130 valence electrons. The molecule has 6 heteroatoms. The highest BCUT2D eigenvalue weighted by atomic mass is 35.5. The van der Waals surface area contributed by atoms with E-state index in [-0.39, 0.29) is 11.8 Å². The summed E-state index contributed by atoms with van der Waals surface area (Å²) in [7, 11) is 0. The van der Waals surface area contributed by atoms with Gasteiger partial charge in [-0.2, -0.15) is 0 Å². The topological polar surface area (TPSA) is 43.9 Å². The van der Waals surface area contributed by atoms with Crippen LogP contribution in [0.2, 0.25) is 5.02 Å². The number of piperidine rings is 1. The lowest BCUT2D eigenvalue weighted by atomic mass is 10.0. The van der Waals surface area contributed by atoms with E-state index in [2.05, 4.69) is 11.8 Å². The first-order valence-corrected chi connectivity index (χ1v) is 8.95. The van der Waals surface area contributed by atoms with E-state index in [9.17, 15) is 9.59 Å². The van der Waals surface area contributed by atoms with Crippen LogP contribution < -0.4 is 0 Å². The van der Waals surface area contributed by atoms with Gasteiger partial charge in [0.25, 0.3) is 5.91 Å². The molecule has 2 heterocycles. The zero-order valence-corrected chi connectivity index (χ0v) is 14.8. The number of hydrogen-bond acceptors (Lipinski definition) is 3. The first-order valence-electron chi connectivity index (χ1n) is 8.58. The number of nitrogens with zero attached hydrogens (tertiary/aromatic N) is 3. The van der Waals surface area contributed by atoms with Gasteiger partial charge in [0.05, 0.1) is 6.67 Å². The molecular formula is C18H24ClN3O2. The molecule has 2 fully saturated rings. The van der Waals surface area contributed by atoms with E-state index in [1.165, 1.54) is 0 Å². The summed E-state index contributed by atoms with van der Waals surface area (Å²) in [6.45, 7) is 6.73. The Balaban J connectivity index is 1.51. The zero-order chi connectivity index (χ0) is 17.1. The van der Waals surface area contributed by atoms with Crippen molar-refractivity contribution in [3.8, 4) is 0 Å². The fourth-order valence-corrected chi connectivity index (χ4v) is 3.47. The highest BCUT2D eigenvalue weighted by Crippen LogP contribution is 2.18. The van der Waals surface area contributed by atoms with Gasteiger partial charge < -0.3 is 9.80 Å². The van der Waals surface area contributed by atoms with Gasteiger partial charge in [0.2, 0.25) is 5.91 Å². The summed E-state index contributed by atoms with van der Waals surface area (Å²) in [6.07, 6.45) is 1.66. The first-order chi connectivity index (χ1) is 11.5. The van der Waals surface area contributed by atoms with Crippen LogP contribution in [0.3, 0.4) is 0 Å². The standard InChI is InChI=1S/C18H24ClN3O2/c1-14-2-7-17(23)22(12-14)13-20-8-10-21(11-9-20)18(24)15-3-5-16(19)6-4-15/h3-6,14H,2,7-13H2,1H3/t14-/m0/s1. The Morgan fingerprint density at radius 1 is 1.17 bits per heavy atom. The lowest BCUT2D eigenvalue weighted by molar-refractivity contribution is -0.137. The van der Waals surface area contributed by atoms with Crippen LogP contribution >= 0.6 is 11.6 Å². The minimum absolute atomic E-state index is 0.0500. The molecule has 2 aliphatic heterocycles. The van der Waals surface area contributed by atoms with E-state index in [0.29, 0.717) is 42.7 Å². The van der Waals surface area contributed by atoms with E-state index >= 15 is 0 Å². The normalized spacial score (nSPS) is 22.8. The van der Waals surface area contributed by atoms with Crippen LogP contribution in [0.5, 0.6) is 0 Å². The summed E-state index contributed by atoms with van der Waals surface area (Å²) >= 11 is 5.87. The van der Waals surface area contributed by atoms with Crippen molar-refractivity contribution < 1.29 is 9.59 Å². The van der Waals surface area contributed by atoms with Crippen molar-refractivity contribution in [2.75, 3.05) is 39.4 Å². The number of carbonyl (C=O) groups is 2. The Hall–Kier alpha value is -1.59. The molecule has 1 atom stereocenters. The van der Waals surface area contributed by atoms with Gasteiger partial charge in [-0.15, -0.1) is 0 Å². The van der Waals surface area contributed by atoms with Gasteiger partial charge in [-0.05, 0) is 36.6 Å². The molecule has 3 rings (SSSR count). The van der Waals surface area contributed by atoms with Crippen LogP contribution in [0.15, 0.2) is 24.3 Å². The molecule has 1 aromatic carbocycles. The summed E-state index contributed by atoms with van der Waals surface area (Å²) in [5.41, 5.74) is 0.674. The smallest absolute Gasteiger partial charge is 0.253 e. The Bertz CT molecular complexity index is 597. The quantitative estimate of drug-likeness (QED) is 0.841. The largest absolute Gasteiger partial charge is 0.336 e. The monoisotopic (exact) mass is 349 g/mol. The van der Waals surface area contributed by atoms with Crippen LogP contribution in [-0.2, 0) is 4.79 Å². The third-order valence-electron chi connectivity index (χ3n) is 4.86. The van der Waals surface area contributed by atoms with Gasteiger partial charge in [0, 0.05) is 49.7 Å². The molecule has 0 aliphatic carbocycles. The van der Waals surface area contributed by atoms with E-state index in [0.717, 1.165) is 26.1 Å². The van der Waals surface area contributed by atoms with Crippen molar-refractivity contribution in [3.63, 3.8) is 0 Å². The van der Waals surface area contributed by atoms with E-state index in [1.54, 1.807) is 24.3 Å². The second kappa shape index (κ2) is 7.53. The number of halogens is 1. The number of amides is 2. The SMILES string of the molecule is C[C@H]1CCC(=O)N(CN2CCN(C(=O)c3ccc(Cl)cc3)CC2)C1. The Kier molecular flexibility index (Phi) is 5.41. The van der Waals surface area contributed by atoms with E-state index in [1.807, 2.05) is 9.80 Å².